The Morgan fingerprint density at radius 3 is 1.93 bits per heavy atom. The van der Waals surface area contributed by atoms with Crippen LogP contribution in [0.4, 0.5) is 0 Å². The third-order valence-electron chi connectivity index (χ3n) is 10.1. The van der Waals surface area contributed by atoms with Gasteiger partial charge in [0.2, 0.25) is 35.4 Å². The lowest BCUT2D eigenvalue weighted by atomic mass is 9.99. The number of likely N-dealkylation sites (N-methyl/N-ethyl adjacent to an activating group) is 3. The van der Waals surface area contributed by atoms with Crippen LogP contribution in [0, 0.1) is 0 Å². The summed E-state index contributed by atoms with van der Waals surface area (Å²) in [5.41, 5.74) is 1.84. The van der Waals surface area contributed by atoms with Crippen molar-refractivity contribution in [2.24, 2.45) is 0 Å². The van der Waals surface area contributed by atoms with E-state index >= 15 is 0 Å². The number of hydrogen-bond acceptors (Lipinski definition) is 9. The molecule has 0 spiro atoms. The molecular weight excluding hydrogens is 708 g/mol. The van der Waals surface area contributed by atoms with E-state index in [2.05, 4.69) is 16.0 Å². The second kappa shape index (κ2) is 16.9. The largest absolute Gasteiger partial charge is 0.504 e. The maximum absolute atomic E-state index is 14.6. The van der Waals surface area contributed by atoms with Gasteiger partial charge < -0.3 is 45.2 Å². The molecule has 6 atom stereocenters. The average molecular weight is 757 g/mol. The number of carbonyl (C=O) groups excluding carboxylic acids is 6. The van der Waals surface area contributed by atoms with Crippen molar-refractivity contribution in [1.82, 2.24) is 30.7 Å². The summed E-state index contributed by atoms with van der Waals surface area (Å²) in [5.74, 6) is -2.77. The van der Waals surface area contributed by atoms with Crippen LogP contribution < -0.4 is 25.4 Å². The quantitative estimate of drug-likeness (QED) is 0.308. The van der Waals surface area contributed by atoms with E-state index in [-0.39, 0.29) is 30.8 Å². The maximum atomic E-state index is 14.6. The summed E-state index contributed by atoms with van der Waals surface area (Å²) in [6, 6.07) is 11.5. The predicted molar refractivity (Wildman–Crippen MR) is 201 cm³/mol. The van der Waals surface area contributed by atoms with Crippen LogP contribution in [0.3, 0.4) is 0 Å². The number of ether oxygens (including phenoxy) is 2. The van der Waals surface area contributed by atoms with Crippen LogP contribution in [-0.2, 0) is 48.0 Å². The van der Waals surface area contributed by atoms with Gasteiger partial charge in [-0.25, -0.2) is 0 Å². The summed E-state index contributed by atoms with van der Waals surface area (Å²) < 4.78 is 11.3. The van der Waals surface area contributed by atoms with Crippen LogP contribution >= 0.6 is 0 Å². The molecule has 15 heteroatoms. The van der Waals surface area contributed by atoms with Gasteiger partial charge in [-0.15, -0.1) is 0 Å². The number of aromatic hydroxyl groups is 1. The first-order chi connectivity index (χ1) is 26.1. The van der Waals surface area contributed by atoms with Gasteiger partial charge in [0.1, 0.15) is 47.8 Å². The predicted octanol–water partition coefficient (Wildman–Crippen LogP) is 1.54. The third-order valence-corrected chi connectivity index (χ3v) is 10.1. The number of carbonyl (C=O) groups is 6. The van der Waals surface area contributed by atoms with E-state index in [4.69, 9.17) is 9.47 Å². The number of hydrogen-bond donors (Lipinski definition) is 4. The molecule has 0 aliphatic carbocycles. The summed E-state index contributed by atoms with van der Waals surface area (Å²) in [5, 5.41) is 18.7. The van der Waals surface area contributed by atoms with Crippen molar-refractivity contribution in [2.45, 2.75) is 76.3 Å². The molecule has 0 saturated carbocycles. The number of phenolic OH excluding ortho intramolecular Hbond substituents is 1. The molecule has 55 heavy (non-hydrogen) atoms. The molecular formula is C40H48N6O9. The average Bonchev–Trinajstić information content (AvgIpc) is 3.17. The Labute approximate surface area is 319 Å². The van der Waals surface area contributed by atoms with Crippen molar-refractivity contribution < 1.29 is 43.3 Å². The molecule has 5 rings (SSSR count). The van der Waals surface area contributed by atoms with Gasteiger partial charge in [-0.2, -0.15) is 0 Å². The van der Waals surface area contributed by atoms with Gasteiger partial charge in [0.15, 0.2) is 11.5 Å². The molecule has 3 aromatic rings. The summed E-state index contributed by atoms with van der Waals surface area (Å²) in [4.78, 5) is 87.8. The fourth-order valence-electron chi connectivity index (χ4n) is 6.72. The monoisotopic (exact) mass is 756 g/mol. The van der Waals surface area contributed by atoms with Crippen molar-refractivity contribution >= 4 is 35.4 Å². The number of rotatable bonds is 3. The van der Waals surface area contributed by atoms with Crippen molar-refractivity contribution in [3.8, 4) is 23.0 Å². The van der Waals surface area contributed by atoms with Gasteiger partial charge in [0, 0.05) is 40.4 Å². The second-order valence-electron chi connectivity index (χ2n) is 14.1. The Morgan fingerprint density at radius 1 is 0.673 bits per heavy atom. The molecule has 0 aromatic heterocycles. The van der Waals surface area contributed by atoms with E-state index in [9.17, 15) is 33.9 Å². The highest BCUT2D eigenvalue weighted by atomic mass is 16.5. The lowest BCUT2D eigenvalue weighted by Gasteiger charge is -2.36. The molecule has 3 aromatic carbocycles. The van der Waals surface area contributed by atoms with Crippen LogP contribution in [0.5, 0.6) is 23.0 Å². The highest BCUT2D eigenvalue weighted by Gasteiger charge is 2.39. The minimum atomic E-state index is -1.20. The molecule has 292 valence electrons. The molecule has 0 radical (unpaired) electrons. The van der Waals surface area contributed by atoms with Gasteiger partial charge >= 0.3 is 0 Å². The van der Waals surface area contributed by atoms with Crippen LogP contribution in [0.25, 0.3) is 0 Å². The Bertz CT molecular complexity index is 1950. The Morgan fingerprint density at radius 2 is 1.25 bits per heavy atom. The SMILES string of the molecule is COc1ccc(C[C@H]2C(=O)N[C@@H](C)C(=O)N(C)[C@H]3Cc4cccc(c4)Oc4cc(ccc4O)C[C@@H](C(=O)N[C@H](C)C(=O)N[C@@H](C)C(=O)N2C)N(C)C3=O)cc1. The zero-order chi connectivity index (χ0) is 40.1. The summed E-state index contributed by atoms with van der Waals surface area (Å²) in [7, 11) is 5.86. The maximum Gasteiger partial charge on any atom is 0.246 e. The molecule has 6 bridgehead atoms. The standard InChI is InChI=1S/C40H48N6O9/c1-22-35(48)42-23(2)38(51)44(4)30(18-25-11-14-28(54-7)15-12-25)37(50)43-24(3)39(52)46(6)32-20-26-9-8-10-29(17-26)55-34-21-27(13-16-33(34)47)19-31(36(49)41-22)45(5)40(32)53/h8-17,21-24,30-32,47H,18-20H2,1-7H3,(H,41,49)(H,42,48)(H,43,50)/t22-,23+,24+,30+,31+,32+/m1/s1. The molecule has 1 fully saturated rings. The van der Waals surface area contributed by atoms with Crippen LogP contribution in [0.1, 0.15) is 37.5 Å². The van der Waals surface area contributed by atoms with Crippen LogP contribution in [-0.4, -0.2) is 120 Å². The number of benzene rings is 3. The first-order valence-corrected chi connectivity index (χ1v) is 18.0. The second-order valence-corrected chi connectivity index (χ2v) is 14.1. The molecule has 0 unspecified atom stereocenters. The van der Waals surface area contributed by atoms with Crippen molar-refractivity contribution in [2.75, 3.05) is 28.3 Å². The third kappa shape index (κ3) is 9.16. The zero-order valence-corrected chi connectivity index (χ0v) is 32.0. The Balaban J connectivity index is 1.58. The number of methoxy groups -OCH3 is 1. The summed E-state index contributed by atoms with van der Waals surface area (Å²) in [6.07, 6.45) is 0.00586. The van der Waals surface area contributed by atoms with Crippen molar-refractivity contribution in [3.05, 3.63) is 83.4 Å². The highest BCUT2D eigenvalue weighted by molar-refractivity contribution is 5.98. The van der Waals surface area contributed by atoms with Gasteiger partial charge in [-0.05, 0) is 73.9 Å². The zero-order valence-electron chi connectivity index (χ0n) is 32.0. The van der Waals surface area contributed by atoms with Crippen LogP contribution in [0.15, 0.2) is 66.7 Å². The molecule has 2 heterocycles. The van der Waals surface area contributed by atoms with Crippen LogP contribution in [0.2, 0.25) is 0 Å². The van der Waals surface area contributed by atoms with E-state index in [1.165, 1.54) is 69.8 Å². The molecule has 1 saturated heterocycles. The number of fused-ring (bicyclic) bond motifs is 7. The van der Waals surface area contributed by atoms with Gasteiger partial charge in [-0.1, -0.05) is 30.3 Å². The van der Waals surface area contributed by atoms with E-state index in [0.29, 0.717) is 28.2 Å². The van der Waals surface area contributed by atoms with Crippen molar-refractivity contribution in [3.63, 3.8) is 0 Å². The number of amides is 6. The topological polar surface area (TPSA) is 187 Å². The highest BCUT2D eigenvalue weighted by Crippen LogP contribution is 2.33. The first-order valence-electron chi connectivity index (χ1n) is 18.0. The number of nitrogens with one attached hydrogen (secondary N) is 3. The van der Waals surface area contributed by atoms with Gasteiger partial charge in [0.25, 0.3) is 0 Å². The minimum Gasteiger partial charge on any atom is -0.504 e. The minimum absolute atomic E-state index is 0.00475. The fraction of sp³-hybridized carbons (Fsp3) is 0.400. The van der Waals surface area contributed by atoms with Gasteiger partial charge in [0.05, 0.1) is 7.11 Å². The molecule has 6 amide bonds. The smallest absolute Gasteiger partial charge is 0.246 e. The summed E-state index contributed by atoms with van der Waals surface area (Å²) in [6.45, 7) is 4.40. The van der Waals surface area contributed by atoms with E-state index in [1.54, 1.807) is 60.7 Å². The lowest BCUT2D eigenvalue weighted by molar-refractivity contribution is -0.149. The lowest BCUT2D eigenvalue weighted by Crippen LogP contribution is -2.61. The molecule has 4 N–H and O–H groups in total. The summed E-state index contributed by atoms with van der Waals surface area (Å²) >= 11 is 0. The Hall–Kier alpha value is -6.12. The number of nitrogens with zero attached hydrogens (tertiary/aromatic N) is 3. The van der Waals surface area contributed by atoms with E-state index < -0.39 is 71.7 Å². The van der Waals surface area contributed by atoms with E-state index in [0.717, 1.165) is 0 Å². The van der Waals surface area contributed by atoms with Crippen molar-refractivity contribution in [1.29, 1.82) is 0 Å². The normalized spacial score (nSPS) is 24.6. The van der Waals surface area contributed by atoms with Gasteiger partial charge in [-0.3, -0.25) is 28.8 Å². The molecule has 2 aliphatic rings. The fourth-order valence-corrected chi connectivity index (χ4v) is 6.72. The molecule has 2 aliphatic heterocycles. The first kappa shape index (κ1) is 40.1. The Kier molecular flexibility index (Phi) is 12.3. The number of phenols is 1. The van der Waals surface area contributed by atoms with E-state index in [1.807, 2.05) is 0 Å². The molecule has 15 nitrogen and oxygen atoms in total.